The monoisotopic (exact) mass is 317 g/mol. The van der Waals surface area contributed by atoms with Crippen molar-refractivity contribution < 1.29 is 14.3 Å². The summed E-state index contributed by atoms with van der Waals surface area (Å²) in [6.45, 7) is 1.85. The Morgan fingerprint density at radius 3 is 2.86 bits per heavy atom. The van der Waals surface area contributed by atoms with Crippen molar-refractivity contribution in [3.8, 4) is 5.75 Å². The Morgan fingerprint density at radius 2 is 2.18 bits per heavy atom. The topological polar surface area (TPSA) is 38.8 Å². The van der Waals surface area contributed by atoms with Crippen molar-refractivity contribution in [3.05, 3.63) is 52.2 Å². The molecule has 1 aliphatic rings. The number of carbonyl (C=O) groups is 1. The lowest BCUT2D eigenvalue weighted by molar-refractivity contribution is -0.138. The zero-order valence-corrected chi connectivity index (χ0v) is 13.3. The predicted molar refractivity (Wildman–Crippen MR) is 86.3 cm³/mol. The number of amides is 1. The Morgan fingerprint density at radius 1 is 1.36 bits per heavy atom. The number of carbonyl (C=O) groups excluding carboxylic acids is 1. The highest BCUT2D eigenvalue weighted by Crippen LogP contribution is 2.25. The summed E-state index contributed by atoms with van der Waals surface area (Å²) in [5, 5.41) is 2.00. The van der Waals surface area contributed by atoms with Gasteiger partial charge in [-0.1, -0.05) is 18.2 Å². The summed E-state index contributed by atoms with van der Waals surface area (Å²) in [6.07, 6.45) is 0.416. The number of ether oxygens (including phenoxy) is 2. The van der Waals surface area contributed by atoms with Crippen LogP contribution in [0.3, 0.4) is 0 Å². The van der Waals surface area contributed by atoms with E-state index in [4.69, 9.17) is 9.47 Å². The molecule has 0 bridgehead atoms. The van der Waals surface area contributed by atoms with Crippen LogP contribution in [0.15, 0.2) is 41.8 Å². The number of hydrogen-bond donors (Lipinski definition) is 0. The molecule has 2 aromatic rings. The van der Waals surface area contributed by atoms with E-state index in [1.54, 1.807) is 18.4 Å². The van der Waals surface area contributed by atoms with Crippen LogP contribution in [0.4, 0.5) is 0 Å². The van der Waals surface area contributed by atoms with E-state index in [2.05, 4.69) is 0 Å². The van der Waals surface area contributed by atoms with Crippen LogP contribution in [-0.2, 0) is 16.0 Å². The number of benzene rings is 1. The van der Waals surface area contributed by atoms with Gasteiger partial charge in [-0.2, -0.15) is 0 Å². The standard InChI is InChI=1S/C17H19NO3S/c1-20-14-6-4-13(5-7-14)16-12-18(8-9-21-16)17(19)11-15-3-2-10-22-15/h2-7,10,16H,8-9,11-12H2,1H3. The van der Waals surface area contributed by atoms with Gasteiger partial charge in [0.2, 0.25) is 5.91 Å². The van der Waals surface area contributed by atoms with Crippen LogP contribution in [0.25, 0.3) is 0 Å². The summed E-state index contributed by atoms with van der Waals surface area (Å²) < 4.78 is 11.0. The highest BCUT2D eigenvalue weighted by atomic mass is 32.1. The lowest BCUT2D eigenvalue weighted by Crippen LogP contribution is -2.42. The van der Waals surface area contributed by atoms with Gasteiger partial charge in [-0.25, -0.2) is 0 Å². The molecule has 1 unspecified atom stereocenters. The maximum atomic E-state index is 12.4. The third-order valence-corrected chi connectivity index (χ3v) is 4.69. The molecular formula is C17H19NO3S. The summed E-state index contributed by atoms with van der Waals surface area (Å²) in [5.41, 5.74) is 1.08. The number of rotatable bonds is 4. The van der Waals surface area contributed by atoms with E-state index in [0.717, 1.165) is 16.2 Å². The van der Waals surface area contributed by atoms with Gasteiger partial charge in [-0.3, -0.25) is 4.79 Å². The molecule has 1 atom stereocenters. The molecule has 116 valence electrons. The van der Waals surface area contributed by atoms with Gasteiger partial charge in [-0.15, -0.1) is 11.3 Å². The fourth-order valence-corrected chi connectivity index (χ4v) is 3.27. The molecule has 5 heteroatoms. The van der Waals surface area contributed by atoms with Gasteiger partial charge in [0.15, 0.2) is 0 Å². The van der Waals surface area contributed by atoms with Crippen LogP contribution in [0.2, 0.25) is 0 Å². The van der Waals surface area contributed by atoms with E-state index in [1.165, 1.54) is 0 Å². The minimum Gasteiger partial charge on any atom is -0.497 e. The molecule has 1 aromatic heterocycles. The Labute approximate surface area is 134 Å². The highest BCUT2D eigenvalue weighted by Gasteiger charge is 2.25. The second-order valence-electron chi connectivity index (χ2n) is 5.23. The second kappa shape index (κ2) is 6.94. The second-order valence-corrected chi connectivity index (χ2v) is 6.26. The third kappa shape index (κ3) is 3.48. The van der Waals surface area contributed by atoms with Gasteiger partial charge in [0.1, 0.15) is 11.9 Å². The average Bonchev–Trinajstić information content (AvgIpc) is 3.08. The molecular weight excluding hydrogens is 298 g/mol. The molecule has 1 aliphatic heterocycles. The smallest absolute Gasteiger partial charge is 0.228 e. The normalized spacial score (nSPS) is 18.2. The number of nitrogens with zero attached hydrogens (tertiary/aromatic N) is 1. The molecule has 1 aromatic carbocycles. The summed E-state index contributed by atoms with van der Waals surface area (Å²) in [7, 11) is 1.65. The first kappa shape index (κ1) is 15.1. The van der Waals surface area contributed by atoms with E-state index >= 15 is 0 Å². The molecule has 0 N–H and O–H groups in total. The zero-order chi connectivity index (χ0) is 15.4. The van der Waals surface area contributed by atoms with E-state index in [1.807, 2.05) is 46.7 Å². The van der Waals surface area contributed by atoms with Gasteiger partial charge in [-0.05, 0) is 29.1 Å². The lowest BCUT2D eigenvalue weighted by atomic mass is 10.1. The van der Waals surface area contributed by atoms with Gasteiger partial charge >= 0.3 is 0 Å². The van der Waals surface area contributed by atoms with E-state index in [-0.39, 0.29) is 12.0 Å². The Hall–Kier alpha value is -1.85. The van der Waals surface area contributed by atoms with Crippen molar-refractivity contribution in [1.29, 1.82) is 0 Å². The van der Waals surface area contributed by atoms with Gasteiger partial charge in [0.05, 0.1) is 26.7 Å². The van der Waals surface area contributed by atoms with Crippen LogP contribution in [-0.4, -0.2) is 37.6 Å². The quantitative estimate of drug-likeness (QED) is 0.870. The summed E-state index contributed by atoms with van der Waals surface area (Å²) >= 11 is 1.62. The number of hydrogen-bond acceptors (Lipinski definition) is 4. The van der Waals surface area contributed by atoms with Gasteiger partial charge in [0, 0.05) is 11.4 Å². The zero-order valence-electron chi connectivity index (χ0n) is 12.5. The van der Waals surface area contributed by atoms with Crippen LogP contribution in [0.1, 0.15) is 16.5 Å². The SMILES string of the molecule is COc1ccc(C2CN(C(=O)Cc3cccs3)CCO2)cc1. The molecule has 1 fully saturated rings. The van der Waals surface area contributed by atoms with Crippen LogP contribution in [0.5, 0.6) is 5.75 Å². The van der Waals surface area contributed by atoms with Crippen molar-refractivity contribution >= 4 is 17.2 Å². The molecule has 22 heavy (non-hydrogen) atoms. The van der Waals surface area contributed by atoms with Crippen molar-refractivity contribution in [2.75, 3.05) is 26.8 Å². The number of thiophene rings is 1. The number of methoxy groups -OCH3 is 1. The molecule has 3 rings (SSSR count). The Balaban J connectivity index is 1.64. The van der Waals surface area contributed by atoms with Crippen LogP contribution in [0, 0.1) is 0 Å². The van der Waals surface area contributed by atoms with E-state index in [0.29, 0.717) is 26.1 Å². The summed E-state index contributed by atoms with van der Waals surface area (Å²) in [6, 6.07) is 11.8. The molecule has 0 radical (unpaired) electrons. The predicted octanol–water partition coefficient (Wildman–Crippen LogP) is 2.90. The maximum Gasteiger partial charge on any atom is 0.228 e. The van der Waals surface area contributed by atoms with Crippen molar-refractivity contribution in [2.24, 2.45) is 0 Å². The van der Waals surface area contributed by atoms with Crippen molar-refractivity contribution in [3.63, 3.8) is 0 Å². The van der Waals surface area contributed by atoms with Crippen LogP contribution < -0.4 is 4.74 Å². The molecule has 1 amide bonds. The largest absolute Gasteiger partial charge is 0.497 e. The van der Waals surface area contributed by atoms with Crippen LogP contribution >= 0.6 is 11.3 Å². The lowest BCUT2D eigenvalue weighted by Gasteiger charge is -2.33. The average molecular weight is 317 g/mol. The fraction of sp³-hybridized carbons (Fsp3) is 0.353. The first-order chi connectivity index (χ1) is 10.8. The fourth-order valence-electron chi connectivity index (χ4n) is 2.57. The minimum absolute atomic E-state index is 0.0630. The van der Waals surface area contributed by atoms with Crippen molar-refractivity contribution in [1.82, 2.24) is 4.90 Å². The molecule has 2 heterocycles. The molecule has 4 nitrogen and oxygen atoms in total. The molecule has 0 spiro atoms. The summed E-state index contributed by atoms with van der Waals surface area (Å²) in [4.78, 5) is 15.4. The molecule has 1 saturated heterocycles. The number of morpholine rings is 1. The first-order valence-electron chi connectivity index (χ1n) is 7.32. The maximum absolute atomic E-state index is 12.4. The van der Waals surface area contributed by atoms with Crippen molar-refractivity contribution in [2.45, 2.75) is 12.5 Å². The molecule has 0 saturated carbocycles. The van der Waals surface area contributed by atoms with E-state index < -0.39 is 0 Å². The van der Waals surface area contributed by atoms with Gasteiger partial charge < -0.3 is 14.4 Å². The minimum atomic E-state index is -0.0630. The Kier molecular flexibility index (Phi) is 4.75. The molecule has 0 aliphatic carbocycles. The summed E-state index contributed by atoms with van der Waals surface area (Å²) in [5.74, 6) is 0.995. The Bertz CT molecular complexity index is 609. The van der Waals surface area contributed by atoms with E-state index in [9.17, 15) is 4.79 Å². The first-order valence-corrected chi connectivity index (χ1v) is 8.20. The highest BCUT2D eigenvalue weighted by molar-refractivity contribution is 7.10. The van der Waals surface area contributed by atoms with Gasteiger partial charge in [0.25, 0.3) is 0 Å². The third-order valence-electron chi connectivity index (χ3n) is 3.81.